The summed E-state index contributed by atoms with van der Waals surface area (Å²) in [7, 11) is -3.73. The first-order chi connectivity index (χ1) is 11.3. The number of ether oxygens (including phenoxy) is 1. The largest absolute Gasteiger partial charge is 0.482 e. The van der Waals surface area contributed by atoms with Gasteiger partial charge >= 0.3 is 0 Å². The van der Waals surface area contributed by atoms with E-state index in [1.165, 1.54) is 16.4 Å². The quantitative estimate of drug-likeness (QED) is 0.664. The van der Waals surface area contributed by atoms with E-state index < -0.39 is 10.0 Å². The van der Waals surface area contributed by atoms with E-state index in [4.69, 9.17) is 16.3 Å². The van der Waals surface area contributed by atoms with Crippen molar-refractivity contribution in [3.05, 3.63) is 23.2 Å². The first-order valence-corrected chi connectivity index (χ1v) is 9.83. The average molecular weight is 377 g/mol. The van der Waals surface area contributed by atoms with Gasteiger partial charge in [0.15, 0.2) is 6.61 Å². The Labute approximate surface area is 149 Å². The predicted molar refractivity (Wildman–Crippen MR) is 95.0 cm³/mol. The van der Waals surface area contributed by atoms with Crippen molar-refractivity contribution in [2.24, 2.45) is 0 Å². The smallest absolute Gasteiger partial charge is 0.260 e. The van der Waals surface area contributed by atoms with Crippen LogP contribution in [0.15, 0.2) is 23.1 Å². The lowest BCUT2D eigenvalue weighted by atomic mass is 10.3. The fourth-order valence-corrected chi connectivity index (χ4v) is 4.16. The van der Waals surface area contributed by atoms with Gasteiger partial charge in [0.2, 0.25) is 10.0 Å². The molecule has 1 amide bonds. The van der Waals surface area contributed by atoms with Gasteiger partial charge in [-0.25, -0.2) is 8.42 Å². The number of rotatable bonds is 9. The summed E-state index contributed by atoms with van der Waals surface area (Å²) < 4.78 is 32.3. The van der Waals surface area contributed by atoms with Crippen LogP contribution >= 0.6 is 11.6 Å². The van der Waals surface area contributed by atoms with Crippen molar-refractivity contribution in [2.75, 3.05) is 32.8 Å². The van der Waals surface area contributed by atoms with Crippen LogP contribution in [0.1, 0.15) is 27.7 Å². The van der Waals surface area contributed by atoms with Gasteiger partial charge in [-0.2, -0.15) is 4.31 Å². The summed E-state index contributed by atoms with van der Waals surface area (Å²) in [4.78, 5) is 13.7. The molecule has 8 heteroatoms. The van der Waals surface area contributed by atoms with E-state index in [0.29, 0.717) is 31.2 Å². The maximum Gasteiger partial charge on any atom is 0.260 e. The first-order valence-electron chi connectivity index (χ1n) is 8.01. The molecule has 0 aliphatic carbocycles. The van der Waals surface area contributed by atoms with Crippen LogP contribution in [-0.4, -0.2) is 56.3 Å². The van der Waals surface area contributed by atoms with Gasteiger partial charge in [-0.3, -0.25) is 4.79 Å². The van der Waals surface area contributed by atoms with Gasteiger partial charge in [0.25, 0.3) is 5.91 Å². The van der Waals surface area contributed by atoms with E-state index in [9.17, 15) is 13.2 Å². The molecule has 0 N–H and O–H groups in total. The number of hydrogen-bond acceptors (Lipinski definition) is 4. The Morgan fingerprint density at radius 2 is 1.67 bits per heavy atom. The number of halogens is 1. The highest BCUT2D eigenvalue weighted by Crippen LogP contribution is 2.29. The van der Waals surface area contributed by atoms with E-state index in [2.05, 4.69) is 0 Å². The minimum Gasteiger partial charge on any atom is -0.482 e. The molecule has 0 saturated heterocycles. The molecule has 1 aromatic rings. The number of likely N-dealkylation sites (N-methyl/N-ethyl adjacent to an activating group) is 1. The molecule has 0 aliphatic rings. The molecular weight excluding hydrogens is 352 g/mol. The van der Waals surface area contributed by atoms with Gasteiger partial charge in [0, 0.05) is 31.2 Å². The molecule has 0 heterocycles. The number of carbonyl (C=O) groups is 1. The number of amides is 1. The zero-order valence-corrected chi connectivity index (χ0v) is 16.2. The van der Waals surface area contributed by atoms with Crippen LogP contribution in [0, 0.1) is 0 Å². The molecule has 0 radical (unpaired) electrons. The maximum atomic E-state index is 12.8. The van der Waals surface area contributed by atoms with Crippen molar-refractivity contribution in [1.29, 1.82) is 0 Å². The van der Waals surface area contributed by atoms with Crippen molar-refractivity contribution >= 4 is 27.5 Å². The molecule has 1 rings (SSSR count). The van der Waals surface area contributed by atoms with Crippen molar-refractivity contribution in [1.82, 2.24) is 9.21 Å². The first kappa shape index (κ1) is 20.7. The van der Waals surface area contributed by atoms with Crippen LogP contribution in [0.5, 0.6) is 5.75 Å². The fraction of sp³-hybridized carbons (Fsp3) is 0.562. The SMILES string of the molecule is CCN(CC)C(=O)COc1ccc(Cl)cc1S(=O)(=O)N(CC)CC. The maximum absolute atomic E-state index is 12.8. The second kappa shape index (κ2) is 9.25. The monoisotopic (exact) mass is 376 g/mol. The van der Waals surface area contributed by atoms with E-state index in [1.807, 2.05) is 13.8 Å². The Hall–Kier alpha value is -1.31. The molecule has 6 nitrogen and oxygen atoms in total. The van der Waals surface area contributed by atoms with Crippen molar-refractivity contribution < 1.29 is 17.9 Å². The van der Waals surface area contributed by atoms with Crippen molar-refractivity contribution in [3.8, 4) is 5.75 Å². The third kappa shape index (κ3) is 4.84. The van der Waals surface area contributed by atoms with Crippen LogP contribution in [0.2, 0.25) is 5.02 Å². The molecule has 0 aromatic heterocycles. The van der Waals surface area contributed by atoms with Gasteiger partial charge in [0.1, 0.15) is 10.6 Å². The van der Waals surface area contributed by atoms with Gasteiger partial charge in [-0.15, -0.1) is 0 Å². The Bertz CT molecular complexity index is 656. The molecule has 0 bridgehead atoms. The molecule has 0 atom stereocenters. The summed E-state index contributed by atoms with van der Waals surface area (Å²) >= 11 is 5.96. The molecular formula is C16H25ClN2O4S. The normalized spacial score (nSPS) is 11.6. The molecule has 1 aromatic carbocycles. The minimum atomic E-state index is -3.73. The zero-order valence-electron chi connectivity index (χ0n) is 14.6. The lowest BCUT2D eigenvalue weighted by Crippen LogP contribution is -2.35. The van der Waals surface area contributed by atoms with E-state index in [1.54, 1.807) is 24.8 Å². The van der Waals surface area contributed by atoms with Gasteiger partial charge in [0.05, 0.1) is 0 Å². The van der Waals surface area contributed by atoms with Crippen LogP contribution in [-0.2, 0) is 14.8 Å². The molecule has 24 heavy (non-hydrogen) atoms. The molecule has 0 unspecified atom stereocenters. The highest BCUT2D eigenvalue weighted by molar-refractivity contribution is 7.89. The summed E-state index contributed by atoms with van der Waals surface area (Å²) in [5, 5.41) is 0.295. The molecule has 0 aliphatic heterocycles. The summed E-state index contributed by atoms with van der Waals surface area (Å²) in [6.07, 6.45) is 0. The standard InChI is InChI=1S/C16H25ClN2O4S/c1-5-18(6-2)16(20)12-23-14-10-9-13(17)11-15(14)24(21,22)19(7-3)8-4/h9-11H,5-8,12H2,1-4H3. The Kier molecular flexibility index (Phi) is 7.99. The predicted octanol–water partition coefficient (Wildman–Crippen LogP) is 2.62. The number of carbonyl (C=O) groups excluding carboxylic acids is 1. The topological polar surface area (TPSA) is 66.9 Å². The number of hydrogen-bond donors (Lipinski definition) is 0. The number of benzene rings is 1. The Morgan fingerprint density at radius 1 is 1.08 bits per heavy atom. The third-order valence-electron chi connectivity index (χ3n) is 3.70. The van der Waals surface area contributed by atoms with Crippen LogP contribution in [0.25, 0.3) is 0 Å². The number of sulfonamides is 1. The average Bonchev–Trinajstić information content (AvgIpc) is 2.55. The van der Waals surface area contributed by atoms with Crippen molar-refractivity contribution in [3.63, 3.8) is 0 Å². The van der Waals surface area contributed by atoms with E-state index >= 15 is 0 Å². The Morgan fingerprint density at radius 3 is 2.17 bits per heavy atom. The van der Waals surface area contributed by atoms with Gasteiger partial charge in [-0.05, 0) is 32.0 Å². The second-order valence-corrected chi connectivity index (χ2v) is 7.38. The molecule has 0 fully saturated rings. The summed E-state index contributed by atoms with van der Waals surface area (Å²) in [6, 6.07) is 4.38. The second-order valence-electron chi connectivity index (χ2n) is 5.04. The zero-order chi connectivity index (χ0) is 18.3. The molecule has 136 valence electrons. The molecule has 0 spiro atoms. The summed E-state index contributed by atoms with van der Waals surface area (Å²) in [5.41, 5.74) is 0. The third-order valence-corrected chi connectivity index (χ3v) is 6.00. The minimum absolute atomic E-state index is 0.0222. The number of nitrogens with zero attached hydrogens (tertiary/aromatic N) is 2. The van der Waals surface area contributed by atoms with Gasteiger partial charge in [-0.1, -0.05) is 25.4 Å². The fourth-order valence-electron chi connectivity index (χ4n) is 2.31. The highest BCUT2D eigenvalue weighted by atomic mass is 35.5. The lowest BCUT2D eigenvalue weighted by Gasteiger charge is -2.22. The van der Waals surface area contributed by atoms with E-state index in [0.717, 1.165) is 0 Å². The van der Waals surface area contributed by atoms with Gasteiger partial charge < -0.3 is 9.64 Å². The Balaban J connectivity index is 3.12. The molecule has 0 saturated carbocycles. The van der Waals surface area contributed by atoms with Crippen LogP contribution in [0.4, 0.5) is 0 Å². The summed E-state index contributed by atoms with van der Waals surface area (Å²) in [5.74, 6) is -0.0621. The lowest BCUT2D eigenvalue weighted by molar-refractivity contribution is -0.133. The highest BCUT2D eigenvalue weighted by Gasteiger charge is 2.26. The van der Waals surface area contributed by atoms with Crippen molar-refractivity contribution in [2.45, 2.75) is 32.6 Å². The van der Waals surface area contributed by atoms with Crippen LogP contribution in [0.3, 0.4) is 0 Å². The van der Waals surface area contributed by atoms with Crippen LogP contribution < -0.4 is 4.74 Å². The summed E-state index contributed by atoms with van der Waals surface area (Å²) in [6.45, 7) is 8.87. The van der Waals surface area contributed by atoms with E-state index in [-0.39, 0.29) is 23.2 Å².